The van der Waals surface area contributed by atoms with Crippen LogP contribution < -0.4 is 5.32 Å². The summed E-state index contributed by atoms with van der Waals surface area (Å²) in [5.74, 6) is 0.678. The molecule has 2 nitrogen and oxygen atoms in total. The van der Waals surface area contributed by atoms with E-state index in [9.17, 15) is 4.79 Å². The first kappa shape index (κ1) is 19.6. The minimum Gasteiger partial charge on any atom is -0.355 e. The van der Waals surface area contributed by atoms with Gasteiger partial charge >= 0.3 is 0 Å². The van der Waals surface area contributed by atoms with Gasteiger partial charge in [0.15, 0.2) is 0 Å². The van der Waals surface area contributed by atoms with Crippen LogP contribution in [0.3, 0.4) is 0 Å². The second kappa shape index (κ2) is 11.0. The number of thioether (sulfide) groups is 1. The number of hydrogen-bond donors (Lipinski definition) is 1. The van der Waals surface area contributed by atoms with Crippen LogP contribution in [0.15, 0.2) is 65.6 Å². The Bertz CT molecular complexity index is 614. The van der Waals surface area contributed by atoms with Crippen LogP contribution in [0.4, 0.5) is 0 Å². The predicted molar refractivity (Wildman–Crippen MR) is 108 cm³/mol. The van der Waals surface area contributed by atoms with Crippen molar-refractivity contribution in [3.8, 4) is 0 Å². The molecule has 0 bridgehead atoms. The zero-order chi connectivity index (χ0) is 17.9. The molecule has 0 spiro atoms. The summed E-state index contributed by atoms with van der Waals surface area (Å²) < 4.78 is 0. The second-order valence-electron chi connectivity index (χ2n) is 6.38. The van der Waals surface area contributed by atoms with E-state index < -0.39 is 0 Å². The third-order valence-corrected chi connectivity index (χ3v) is 5.71. The molecule has 0 aliphatic rings. The van der Waals surface area contributed by atoms with Crippen molar-refractivity contribution in [1.82, 2.24) is 5.32 Å². The summed E-state index contributed by atoms with van der Waals surface area (Å²) in [4.78, 5) is 14.0. The van der Waals surface area contributed by atoms with Gasteiger partial charge in [-0.2, -0.15) is 0 Å². The quantitative estimate of drug-likeness (QED) is 0.541. The average molecular weight is 356 g/mol. The van der Waals surface area contributed by atoms with Crippen molar-refractivity contribution >= 4 is 17.7 Å². The van der Waals surface area contributed by atoms with E-state index in [1.54, 1.807) is 11.8 Å². The van der Waals surface area contributed by atoms with Gasteiger partial charge in [0.05, 0.1) is 0 Å². The lowest BCUT2D eigenvalue weighted by molar-refractivity contribution is -0.120. The van der Waals surface area contributed by atoms with E-state index in [4.69, 9.17) is 0 Å². The van der Waals surface area contributed by atoms with Crippen LogP contribution >= 0.6 is 11.8 Å². The molecule has 0 aliphatic carbocycles. The van der Waals surface area contributed by atoms with Crippen LogP contribution in [-0.2, 0) is 4.79 Å². The van der Waals surface area contributed by atoms with Crippen molar-refractivity contribution in [2.24, 2.45) is 5.92 Å². The van der Waals surface area contributed by atoms with Gasteiger partial charge in [-0.25, -0.2) is 0 Å². The molecule has 1 N–H and O–H groups in total. The van der Waals surface area contributed by atoms with Crippen LogP contribution in [0, 0.1) is 5.92 Å². The fourth-order valence-electron chi connectivity index (χ4n) is 2.82. The van der Waals surface area contributed by atoms with Gasteiger partial charge in [-0.1, -0.05) is 81.6 Å². The fraction of sp³-hybridized carbons (Fsp3) is 0.409. The molecule has 25 heavy (non-hydrogen) atoms. The lowest BCUT2D eigenvalue weighted by Crippen LogP contribution is -2.32. The molecule has 0 saturated carbocycles. The van der Waals surface area contributed by atoms with Crippen molar-refractivity contribution in [2.75, 3.05) is 6.54 Å². The van der Waals surface area contributed by atoms with E-state index in [1.807, 2.05) is 48.5 Å². The average Bonchev–Trinajstić information content (AvgIpc) is 2.67. The predicted octanol–water partition coefficient (Wildman–Crippen LogP) is 5.85. The van der Waals surface area contributed by atoms with Crippen LogP contribution in [0.5, 0.6) is 0 Å². The Kier molecular flexibility index (Phi) is 8.61. The number of unbranched alkanes of at least 4 members (excludes halogenated alkanes) is 1. The first-order chi connectivity index (χ1) is 12.2. The van der Waals surface area contributed by atoms with Gasteiger partial charge in [0.2, 0.25) is 5.91 Å². The number of rotatable bonds is 10. The molecule has 0 aromatic heterocycles. The lowest BCUT2D eigenvalue weighted by Gasteiger charge is -2.20. The molecule has 2 aromatic rings. The Labute approximate surface area is 156 Å². The summed E-state index contributed by atoms with van der Waals surface area (Å²) in [6, 6.07) is 20.2. The van der Waals surface area contributed by atoms with E-state index in [0.29, 0.717) is 5.92 Å². The third-order valence-electron chi connectivity index (χ3n) is 4.45. The van der Waals surface area contributed by atoms with E-state index >= 15 is 0 Å². The summed E-state index contributed by atoms with van der Waals surface area (Å²) in [7, 11) is 0. The number of hydrogen-bond acceptors (Lipinski definition) is 2. The maximum atomic E-state index is 12.9. The highest BCUT2D eigenvalue weighted by Crippen LogP contribution is 2.35. The highest BCUT2D eigenvalue weighted by Gasteiger charge is 2.22. The zero-order valence-corrected chi connectivity index (χ0v) is 16.1. The third kappa shape index (κ3) is 6.58. The van der Waals surface area contributed by atoms with Crippen LogP contribution in [0.25, 0.3) is 0 Å². The van der Waals surface area contributed by atoms with Gasteiger partial charge in [-0.05, 0) is 30.0 Å². The van der Waals surface area contributed by atoms with Gasteiger partial charge in [0.25, 0.3) is 0 Å². The van der Waals surface area contributed by atoms with Crippen molar-refractivity contribution in [2.45, 2.75) is 49.7 Å². The Morgan fingerprint density at radius 3 is 2.24 bits per heavy atom. The maximum Gasteiger partial charge on any atom is 0.238 e. The molecule has 0 aliphatic heterocycles. The molecule has 2 unspecified atom stereocenters. The minimum absolute atomic E-state index is 0.106. The maximum absolute atomic E-state index is 12.9. The molecule has 2 aromatic carbocycles. The van der Waals surface area contributed by atoms with Crippen molar-refractivity contribution in [1.29, 1.82) is 0 Å². The molecular formula is C22H29NOS. The summed E-state index contributed by atoms with van der Waals surface area (Å²) in [6.45, 7) is 5.20. The minimum atomic E-state index is -0.215. The van der Waals surface area contributed by atoms with Gasteiger partial charge < -0.3 is 5.32 Å². The lowest BCUT2D eigenvalue weighted by atomic mass is 9.99. The number of amides is 1. The molecule has 0 fully saturated rings. The zero-order valence-electron chi connectivity index (χ0n) is 15.3. The van der Waals surface area contributed by atoms with E-state index in [-0.39, 0.29) is 11.2 Å². The number of carbonyl (C=O) groups excluding carboxylic acids is 1. The smallest absolute Gasteiger partial charge is 0.238 e. The summed E-state index contributed by atoms with van der Waals surface area (Å²) in [5.41, 5.74) is 1.05. The molecule has 0 radical (unpaired) electrons. The topological polar surface area (TPSA) is 29.1 Å². The molecule has 2 rings (SSSR count). The standard InChI is InChI=1S/C22H29NOS/c1-3-5-12-18(4-2)17-23-22(24)21(19-13-8-6-9-14-19)25-20-15-10-7-11-16-20/h6-11,13-16,18,21H,3-5,12,17H2,1-2H3,(H,23,24). The summed E-state index contributed by atoms with van der Waals surface area (Å²) >= 11 is 1.62. The monoisotopic (exact) mass is 355 g/mol. The molecule has 134 valence electrons. The molecule has 3 heteroatoms. The van der Waals surface area contributed by atoms with Gasteiger partial charge in [-0.3, -0.25) is 4.79 Å². The summed E-state index contributed by atoms with van der Waals surface area (Å²) in [5, 5.41) is 2.99. The molecular weight excluding hydrogens is 326 g/mol. The number of benzene rings is 2. The molecule has 1 amide bonds. The SMILES string of the molecule is CCCCC(CC)CNC(=O)C(Sc1ccccc1)c1ccccc1. The highest BCUT2D eigenvalue weighted by atomic mass is 32.2. The number of nitrogens with one attached hydrogen (secondary N) is 1. The highest BCUT2D eigenvalue weighted by molar-refractivity contribution is 8.00. The normalized spacial score (nSPS) is 13.2. The Morgan fingerprint density at radius 2 is 1.64 bits per heavy atom. The van der Waals surface area contributed by atoms with Crippen molar-refractivity contribution in [3.63, 3.8) is 0 Å². The van der Waals surface area contributed by atoms with Crippen LogP contribution in [-0.4, -0.2) is 12.5 Å². The van der Waals surface area contributed by atoms with Gasteiger partial charge in [0.1, 0.15) is 5.25 Å². The first-order valence-electron chi connectivity index (χ1n) is 9.29. The Balaban J connectivity index is 2.05. The fourth-order valence-corrected chi connectivity index (χ4v) is 3.89. The Hall–Kier alpha value is -1.74. The molecule has 0 saturated heterocycles. The van der Waals surface area contributed by atoms with E-state index in [0.717, 1.165) is 23.4 Å². The molecule has 2 atom stereocenters. The van der Waals surface area contributed by atoms with Crippen molar-refractivity contribution < 1.29 is 4.79 Å². The number of carbonyl (C=O) groups is 1. The van der Waals surface area contributed by atoms with Crippen LogP contribution in [0.2, 0.25) is 0 Å². The van der Waals surface area contributed by atoms with Crippen molar-refractivity contribution in [3.05, 3.63) is 66.2 Å². The largest absolute Gasteiger partial charge is 0.355 e. The van der Waals surface area contributed by atoms with E-state index in [2.05, 4.69) is 31.3 Å². The second-order valence-corrected chi connectivity index (χ2v) is 7.56. The van der Waals surface area contributed by atoms with Gasteiger partial charge in [-0.15, -0.1) is 11.8 Å². The first-order valence-corrected chi connectivity index (χ1v) is 10.2. The molecule has 0 heterocycles. The van der Waals surface area contributed by atoms with E-state index in [1.165, 1.54) is 19.3 Å². The Morgan fingerprint density at radius 1 is 1.00 bits per heavy atom. The van der Waals surface area contributed by atoms with Gasteiger partial charge in [0, 0.05) is 11.4 Å². The van der Waals surface area contributed by atoms with Crippen LogP contribution in [0.1, 0.15) is 50.3 Å². The summed E-state index contributed by atoms with van der Waals surface area (Å²) in [6.07, 6.45) is 4.74.